The highest BCUT2D eigenvalue weighted by molar-refractivity contribution is 5.05. The molecule has 1 rings (SSSR count). The fraction of sp³-hybridized carbons (Fsp3) is 0.286. The Balaban J connectivity index is 2.61. The Hall–Kier alpha value is -0.890. The Kier molecular flexibility index (Phi) is 2.22. The van der Waals surface area contributed by atoms with Gasteiger partial charge in [-0.25, -0.2) is 0 Å². The minimum atomic E-state index is 0.615. The molecule has 2 heteroatoms. The van der Waals surface area contributed by atoms with Gasteiger partial charge in [-0.15, -0.1) is 0 Å². The van der Waals surface area contributed by atoms with Gasteiger partial charge < -0.3 is 4.74 Å². The quantitative estimate of drug-likeness (QED) is 0.584. The summed E-state index contributed by atoms with van der Waals surface area (Å²) in [6.45, 7) is 0.615. The molecule has 0 saturated heterocycles. The summed E-state index contributed by atoms with van der Waals surface area (Å²) in [5.41, 5.74) is 1.06. The maximum absolute atomic E-state index is 4.87. The van der Waals surface area contributed by atoms with Crippen LogP contribution >= 0.6 is 0 Å². The van der Waals surface area contributed by atoms with Gasteiger partial charge in [0, 0.05) is 25.6 Å². The molecule has 0 fully saturated rings. The van der Waals surface area contributed by atoms with Crippen LogP contribution < -0.4 is 0 Å². The van der Waals surface area contributed by atoms with Crippen LogP contribution in [0.2, 0.25) is 0 Å². The Morgan fingerprint density at radius 2 is 2.67 bits per heavy atom. The topological polar surface area (TPSA) is 22.1 Å². The molecule has 0 atom stereocenters. The van der Waals surface area contributed by atoms with Crippen molar-refractivity contribution in [2.75, 3.05) is 7.11 Å². The highest BCUT2D eigenvalue weighted by Crippen LogP contribution is 1.94. The van der Waals surface area contributed by atoms with Crippen molar-refractivity contribution >= 4 is 0 Å². The number of hydrogen-bond donors (Lipinski definition) is 0. The van der Waals surface area contributed by atoms with Crippen molar-refractivity contribution < 1.29 is 4.74 Å². The lowest BCUT2D eigenvalue weighted by Gasteiger charge is -1.94. The third-order valence-electron chi connectivity index (χ3n) is 0.969. The molecule has 9 heavy (non-hydrogen) atoms. The summed E-state index contributed by atoms with van der Waals surface area (Å²) in [7, 11) is 1.66. The van der Waals surface area contributed by atoms with E-state index in [4.69, 9.17) is 4.74 Å². The van der Waals surface area contributed by atoms with Crippen molar-refractivity contribution in [2.45, 2.75) is 6.61 Å². The summed E-state index contributed by atoms with van der Waals surface area (Å²) in [6, 6.07) is 4.71. The molecular weight excluding hydrogens is 114 g/mol. The molecule has 0 aliphatic carbocycles. The van der Waals surface area contributed by atoms with Gasteiger partial charge in [-0.3, -0.25) is 4.98 Å². The summed E-state index contributed by atoms with van der Waals surface area (Å²) in [6.07, 6.45) is 3.39. The summed E-state index contributed by atoms with van der Waals surface area (Å²) in [4.78, 5) is 3.87. The molecular formula is C7H8NO. The average molecular weight is 122 g/mol. The first-order valence-corrected chi connectivity index (χ1v) is 2.72. The lowest BCUT2D eigenvalue weighted by Crippen LogP contribution is -1.86. The Bertz CT molecular complexity index is 162. The van der Waals surface area contributed by atoms with Crippen molar-refractivity contribution in [1.82, 2.24) is 4.98 Å². The molecule has 0 spiro atoms. The zero-order valence-corrected chi connectivity index (χ0v) is 5.29. The highest BCUT2D eigenvalue weighted by Gasteiger charge is 1.86. The number of aromatic nitrogens is 1. The second kappa shape index (κ2) is 3.20. The van der Waals surface area contributed by atoms with E-state index in [1.165, 1.54) is 0 Å². The molecule has 0 aromatic carbocycles. The summed E-state index contributed by atoms with van der Waals surface area (Å²) in [5.74, 6) is 0. The summed E-state index contributed by atoms with van der Waals surface area (Å²) in [5, 5.41) is 0. The first-order valence-electron chi connectivity index (χ1n) is 2.72. The second-order valence-corrected chi connectivity index (χ2v) is 1.73. The normalized spacial score (nSPS) is 9.44. The van der Waals surface area contributed by atoms with Crippen molar-refractivity contribution in [3.63, 3.8) is 0 Å². The maximum Gasteiger partial charge on any atom is 0.0728 e. The van der Waals surface area contributed by atoms with Crippen molar-refractivity contribution in [1.29, 1.82) is 0 Å². The van der Waals surface area contributed by atoms with E-state index in [0.717, 1.165) is 5.56 Å². The number of rotatable bonds is 2. The fourth-order valence-corrected chi connectivity index (χ4v) is 0.603. The molecule has 0 amide bonds. The third-order valence-corrected chi connectivity index (χ3v) is 0.969. The third kappa shape index (κ3) is 1.82. The van der Waals surface area contributed by atoms with Gasteiger partial charge >= 0.3 is 0 Å². The maximum atomic E-state index is 4.87. The molecule has 47 valence electrons. The van der Waals surface area contributed by atoms with Crippen LogP contribution in [0.5, 0.6) is 0 Å². The number of hydrogen-bond acceptors (Lipinski definition) is 2. The lowest BCUT2D eigenvalue weighted by molar-refractivity contribution is 0.184. The highest BCUT2D eigenvalue weighted by atomic mass is 16.5. The average Bonchev–Trinajstić information content (AvgIpc) is 1.91. The minimum absolute atomic E-state index is 0.615. The molecule has 0 N–H and O–H groups in total. The van der Waals surface area contributed by atoms with Crippen LogP contribution in [0.25, 0.3) is 0 Å². The van der Waals surface area contributed by atoms with E-state index in [1.807, 2.05) is 6.07 Å². The van der Waals surface area contributed by atoms with Gasteiger partial charge in [0.2, 0.25) is 0 Å². The summed E-state index contributed by atoms with van der Waals surface area (Å²) < 4.78 is 4.87. The van der Waals surface area contributed by atoms with Gasteiger partial charge in [0.1, 0.15) is 0 Å². The largest absolute Gasteiger partial charge is 0.380 e. The van der Waals surface area contributed by atoms with Crippen LogP contribution in [0.3, 0.4) is 0 Å². The van der Waals surface area contributed by atoms with Crippen LogP contribution in [-0.2, 0) is 11.3 Å². The molecule has 1 aromatic heterocycles. The van der Waals surface area contributed by atoms with E-state index in [0.29, 0.717) is 6.61 Å². The predicted molar refractivity (Wildman–Crippen MR) is 33.8 cm³/mol. The number of ether oxygens (including phenoxy) is 1. The van der Waals surface area contributed by atoms with Crippen LogP contribution in [0.1, 0.15) is 5.56 Å². The predicted octanol–water partition coefficient (Wildman–Crippen LogP) is 1.03. The fourth-order valence-electron chi connectivity index (χ4n) is 0.603. The van der Waals surface area contributed by atoms with Gasteiger partial charge in [0.15, 0.2) is 0 Å². The van der Waals surface area contributed by atoms with Gasteiger partial charge in [0.25, 0.3) is 0 Å². The zero-order chi connectivity index (χ0) is 6.53. The number of nitrogens with zero attached hydrogens (tertiary/aromatic N) is 1. The van der Waals surface area contributed by atoms with Crippen molar-refractivity contribution in [2.24, 2.45) is 0 Å². The second-order valence-electron chi connectivity index (χ2n) is 1.73. The van der Waals surface area contributed by atoms with Gasteiger partial charge in [0.05, 0.1) is 6.61 Å². The van der Waals surface area contributed by atoms with E-state index in [1.54, 1.807) is 19.5 Å². The van der Waals surface area contributed by atoms with Gasteiger partial charge in [-0.2, -0.15) is 0 Å². The van der Waals surface area contributed by atoms with Crippen LogP contribution in [0.4, 0.5) is 0 Å². The first-order chi connectivity index (χ1) is 4.43. The molecule has 0 aliphatic rings. The van der Waals surface area contributed by atoms with Gasteiger partial charge in [-0.05, 0) is 11.6 Å². The van der Waals surface area contributed by atoms with E-state index in [9.17, 15) is 0 Å². The van der Waals surface area contributed by atoms with Gasteiger partial charge in [-0.1, -0.05) is 0 Å². The SMILES string of the molecule is COCc1c[c]cnc1. The molecule has 1 radical (unpaired) electrons. The van der Waals surface area contributed by atoms with E-state index >= 15 is 0 Å². The van der Waals surface area contributed by atoms with E-state index in [-0.39, 0.29) is 0 Å². The molecule has 2 nitrogen and oxygen atoms in total. The van der Waals surface area contributed by atoms with Crippen LogP contribution in [-0.4, -0.2) is 12.1 Å². The van der Waals surface area contributed by atoms with Crippen molar-refractivity contribution in [3.8, 4) is 0 Å². The monoisotopic (exact) mass is 122 g/mol. The molecule has 0 unspecified atom stereocenters. The molecule has 1 heterocycles. The number of methoxy groups -OCH3 is 1. The minimum Gasteiger partial charge on any atom is -0.380 e. The van der Waals surface area contributed by atoms with Crippen LogP contribution in [0, 0.1) is 6.07 Å². The molecule has 0 saturated carbocycles. The molecule has 1 aromatic rings. The Morgan fingerprint density at radius 1 is 1.78 bits per heavy atom. The smallest absolute Gasteiger partial charge is 0.0728 e. The summed E-state index contributed by atoms with van der Waals surface area (Å²) >= 11 is 0. The zero-order valence-electron chi connectivity index (χ0n) is 5.29. The Labute approximate surface area is 54.5 Å². The Morgan fingerprint density at radius 3 is 3.22 bits per heavy atom. The first kappa shape index (κ1) is 6.23. The van der Waals surface area contributed by atoms with E-state index < -0.39 is 0 Å². The lowest BCUT2D eigenvalue weighted by atomic mass is 10.3. The van der Waals surface area contributed by atoms with E-state index in [2.05, 4.69) is 11.1 Å². The molecule has 0 bridgehead atoms. The standard InChI is InChI=1S/C7H8NO/c1-9-6-7-3-2-4-8-5-7/h3-5H,6H2,1H3. The molecule has 0 aliphatic heterocycles. The van der Waals surface area contributed by atoms with Crippen molar-refractivity contribution in [3.05, 3.63) is 30.1 Å². The number of pyridine rings is 1. The van der Waals surface area contributed by atoms with Crippen LogP contribution in [0.15, 0.2) is 18.5 Å².